The van der Waals surface area contributed by atoms with Crippen LogP contribution in [0, 0.1) is 0 Å². The van der Waals surface area contributed by atoms with E-state index >= 15 is 0 Å². The van der Waals surface area contributed by atoms with Crippen molar-refractivity contribution >= 4 is 41.1 Å². The highest BCUT2D eigenvalue weighted by Gasteiger charge is 2.13. The van der Waals surface area contributed by atoms with Gasteiger partial charge in [0.25, 0.3) is 0 Å². The van der Waals surface area contributed by atoms with E-state index in [4.69, 9.17) is 39.5 Å². The Morgan fingerprint density at radius 3 is 2.25 bits per heavy atom. The summed E-state index contributed by atoms with van der Waals surface area (Å²) in [7, 11) is 0. The maximum atomic E-state index is 10.9. The van der Waals surface area contributed by atoms with E-state index in [-0.39, 0.29) is 5.88 Å². The molecule has 1 unspecified atom stereocenters. The molecule has 0 aliphatic carbocycles. The monoisotopic (exact) mass is 328 g/mol. The van der Waals surface area contributed by atoms with Gasteiger partial charge in [0.2, 0.25) is 0 Å². The molecule has 2 rings (SSSR count). The first-order chi connectivity index (χ1) is 9.63. The van der Waals surface area contributed by atoms with E-state index < -0.39 is 5.92 Å². The van der Waals surface area contributed by atoms with Gasteiger partial charge in [0.05, 0.1) is 5.92 Å². The number of carbonyl (C=O) groups is 1. The van der Waals surface area contributed by atoms with Crippen LogP contribution in [-0.2, 0) is 4.79 Å². The molecular weight excluding hydrogens is 319 g/mol. The van der Waals surface area contributed by atoms with Gasteiger partial charge in [-0.25, -0.2) is 0 Å². The zero-order chi connectivity index (χ0) is 14.5. The molecule has 2 nitrogen and oxygen atoms in total. The summed E-state index contributed by atoms with van der Waals surface area (Å²) in [6.45, 7) is 0. The first-order valence-corrected chi connectivity index (χ1v) is 7.17. The molecule has 104 valence electrons. The number of benzene rings is 2. The van der Waals surface area contributed by atoms with E-state index in [1.54, 1.807) is 42.5 Å². The molecule has 0 heterocycles. The lowest BCUT2D eigenvalue weighted by atomic mass is 10.0. The van der Waals surface area contributed by atoms with E-state index in [1.165, 1.54) is 0 Å². The molecule has 0 saturated heterocycles. The average molecular weight is 330 g/mol. The van der Waals surface area contributed by atoms with E-state index in [0.717, 1.165) is 6.29 Å². The fraction of sp³-hybridized carbons (Fsp3) is 0.133. The first-order valence-electron chi connectivity index (χ1n) is 5.88. The number of hydrogen-bond acceptors (Lipinski definition) is 2. The molecular formula is C15H11Cl3O2. The van der Waals surface area contributed by atoms with Crippen LogP contribution in [0.2, 0.25) is 10.0 Å². The third-order valence-electron chi connectivity index (χ3n) is 2.75. The molecule has 1 atom stereocenters. The summed E-state index contributed by atoms with van der Waals surface area (Å²) in [5.41, 5.74) is 0.695. The minimum absolute atomic E-state index is 0.195. The van der Waals surface area contributed by atoms with Gasteiger partial charge in [0.15, 0.2) is 0 Å². The minimum Gasteiger partial charge on any atom is -0.457 e. The van der Waals surface area contributed by atoms with Crippen molar-refractivity contribution in [3.63, 3.8) is 0 Å². The van der Waals surface area contributed by atoms with Crippen molar-refractivity contribution in [3.05, 3.63) is 58.1 Å². The summed E-state index contributed by atoms with van der Waals surface area (Å²) in [6.07, 6.45) is 0.786. The Bertz CT molecular complexity index is 597. The number of halogens is 3. The molecule has 0 aliphatic heterocycles. The van der Waals surface area contributed by atoms with Gasteiger partial charge in [-0.15, -0.1) is 11.6 Å². The van der Waals surface area contributed by atoms with Gasteiger partial charge in [-0.3, -0.25) is 0 Å². The molecule has 2 aromatic rings. The quantitative estimate of drug-likeness (QED) is 0.549. The number of ether oxygens (including phenoxy) is 1. The van der Waals surface area contributed by atoms with Crippen molar-refractivity contribution < 1.29 is 9.53 Å². The first kappa shape index (κ1) is 15.2. The van der Waals surface area contributed by atoms with Crippen LogP contribution < -0.4 is 4.74 Å². The van der Waals surface area contributed by atoms with E-state index in [9.17, 15) is 4.79 Å². The molecule has 0 N–H and O–H groups in total. The largest absolute Gasteiger partial charge is 0.457 e. The SMILES string of the molecule is O=CC(CCl)c1ccc(Oc2ccc(Cl)cc2)cc1Cl. The van der Waals surface area contributed by atoms with Gasteiger partial charge in [0, 0.05) is 15.9 Å². The van der Waals surface area contributed by atoms with Crippen LogP contribution in [0.3, 0.4) is 0 Å². The molecule has 2 aromatic carbocycles. The van der Waals surface area contributed by atoms with Gasteiger partial charge in [-0.05, 0) is 42.0 Å². The second-order valence-electron chi connectivity index (χ2n) is 4.14. The van der Waals surface area contributed by atoms with Crippen molar-refractivity contribution in [1.82, 2.24) is 0 Å². The van der Waals surface area contributed by atoms with Crippen molar-refractivity contribution in [1.29, 1.82) is 0 Å². The summed E-state index contributed by atoms with van der Waals surface area (Å²) in [5.74, 6) is 1.03. The number of alkyl halides is 1. The zero-order valence-electron chi connectivity index (χ0n) is 10.4. The third-order valence-corrected chi connectivity index (χ3v) is 3.66. The average Bonchev–Trinajstić information content (AvgIpc) is 2.45. The number of rotatable bonds is 5. The Labute approximate surface area is 132 Å². The number of hydrogen-bond donors (Lipinski definition) is 0. The Hall–Kier alpha value is -1.22. The highest BCUT2D eigenvalue weighted by Crippen LogP contribution is 2.31. The van der Waals surface area contributed by atoms with Crippen LogP contribution in [0.4, 0.5) is 0 Å². The van der Waals surface area contributed by atoms with E-state index in [2.05, 4.69) is 0 Å². The molecule has 0 spiro atoms. The van der Waals surface area contributed by atoms with Crippen LogP contribution in [0.15, 0.2) is 42.5 Å². The number of aldehydes is 1. The Kier molecular flexibility index (Phi) is 5.30. The zero-order valence-corrected chi connectivity index (χ0v) is 12.6. The summed E-state index contributed by atoms with van der Waals surface area (Å²) >= 11 is 17.7. The molecule has 20 heavy (non-hydrogen) atoms. The lowest BCUT2D eigenvalue weighted by molar-refractivity contribution is -0.108. The fourth-order valence-electron chi connectivity index (χ4n) is 1.70. The smallest absolute Gasteiger partial charge is 0.128 e. The van der Waals surface area contributed by atoms with E-state index in [0.29, 0.717) is 27.1 Å². The van der Waals surface area contributed by atoms with Crippen LogP contribution in [0.5, 0.6) is 11.5 Å². The van der Waals surface area contributed by atoms with Gasteiger partial charge in [-0.1, -0.05) is 29.3 Å². The summed E-state index contributed by atoms with van der Waals surface area (Å²) in [5, 5.41) is 1.09. The molecule has 0 radical (unpaired) electrons. The topological polar surface area (TPSA) is 26.3 Å². The van der Waals surface area contributed by atoms with Gasteiger partial charge < -0.3 is 9.53 Å². The summed E-state index contributed by atoms with van der Waals surface area (Å²) < 4.78 is 5.65. The highest BCUT2D eigenvalue weighted by molar-refractivity contribution is 6.32. The van der Waals surface area contributed by atoms with Gasteiger partial charge in [0.1, 0.15) is 17.8 Å². The van der Waals surface area contributed by atoms with Crippen LogP contribution in [0.1, 0.15) is 11.5 Å². The predicted molar refractivity (Wildman–Crippen MR) is 82.5 cm³/mol. The van der Waals surface area contributed by atoms with Gasteiger partial charge in [-0.2, -0.15) is 0 Å². The predicted octanol–water partition coefficient (Wildman–Crippen LogP) is 5.31. The molecule has 0 amide bonds. The van der Waals surface area contributed by atoms with Crippen LogP contribution >= 0.6 is 34.8 Å². The number of carbonyl (C=O) groups excluding carboxylic acids is 1. The summed E-state index contributed by atoms with van der Waals surface area (Å²) in [4.78, 5) is 10.9. The van der Waals surface area contributed by atoms with Crippen LogP contribution in [-0.4, -0.2) is 12.2 Å². The van der Waals surface area contributed by atoms with Crippen molar-refractivity contribution in [2.24, 2.45) is 0 Å². The summed E-state index contributed by atoms with van der Waals surface area (Å²) in [6, 6.07) is 12.2. The molecule has 0 bridgehead atoms. The van der Waals surface area contributed by atoms with Crippen molar-refractivity contribution in [2.75, 3.05) is 5.88 Å². The highest BCUT2D eigenvalue weighted by atomic mass is 35.5. The normalized spacial score (nSPS) is 11.9. The van der Waals surface area contributed by atoms with Gasteiger partial charge >= 0.3 is 0 Å². The molecule has 0 saturated carbocycles. The lowest BCUT2D eigenvalue weighted by Crippen LogP contribution is -2.02. The minimum atomic E-state index is -0.409. The van der Waals surface area contributed by atoms with Crippen molar-refractivity contribution in [2.45, 2.75) is 5.92 Å². The lowest BCUT2D eigenvalue weighted by Gasteiger charge is -2.11. The second-order valence-corrected chi connectivity index (χ2v) is 5.29. The van der Waals surface area contributed by atoms with Crippen LogP contribution in [0.25, 0.3) is 0 Å². The molecule has 5 heteroatoms. The third kappa shape index (κ3) is 3.66. The molecule has 0 aliphatic rings. The Morgan fingerprint density at radius 1 is 1.05 bits per heavy atom. The Morgan fingerprint density at radius 2 is 1.70 bits per heavy atom. The Balaban J connectivity index is 2.20. The standard InChI is InChI=1S/C15H11Cl3O2/c16-8-10(9-19)14-6-5-13(7-15(14)18)20-12-3-1-11(17)2-4-12/h1-7,9-10H,8H2. The maximum Gasteiger partial charge on any atom is 0.128 e. The maximum absolute atomic E-state index is 10.9. The molecule has 0 aromatic heterocycles. The van der Waals surface area contributed by atoms with Crippen molar-refractivity contribution in [3.8, 4) is 11.5 Å². The second kappa shape index (κ2) is 6.98. The van der Waals surface area contributed by atoms with E-state index in [1.807, 2.05) is 0 Å². The molecule has 0 fully saturated rings. The fourth-order valence-corrected chi connectivity index (χ4v) is 2.38.